The largest absolute Gasteiger partial charge is 0.506 e. The number of phenolic OH excluding ortho intramolecular Hbond substituents is 1. The number of carbonyl (C=O) groups excluding carboxylic acids is 1. The van der Waals surface area contributed by atoms with Crippen LogP contribution in [0.2, 0.25) is 0 Å². The maximum Gasteiger partial charge on any atom is 0.422 e. The van der Waals surface area contributed by atoms with E-state index in [-0.39, 0.29) is 46.7 Å². The van der Waals surface area contributed by atoms with Gasteiger partial charge in [0.15, 0.2) is 0 Å². The fraction of sp³-hybridized carbons (Fsp3) is 0.303. The Balaban J connectivity index is 1.67. The van der Waals surface area contributed by atoms with Crippen molar-refractivity contribution >= 4 is 34.9 Å². The van der Waals surface area contributed by atoms with Crippen LogP contribution in [0.4, 0.5) is 52.6 Å². The number of para-hydroxylation sites is 2. The van der Waals surface area contributed by atoms with E-state index in [1.807, 2.05) is 0 Å². The third kappa shape index (κ3) is 7.30. The van der Waals surface area contributed by atoms with Crippen LogP contribution in [-0.4, -0.2) is 23.9 Å². The summed E-state index contributed by atoms with van der Waals surface area (Å²) in [5.41, 5.74) is 0.148. The van der Waals surface area contributed by atoms with Gasteiger partial charge in [0.05, 0.1) is 27.5 Å². The van der Waals surface area contributed by atoms with Crippen molar-refractivity contribution in [1.29, 1.82) is 0 Å². The number of anilines is 3. The lowest BCUT2D eigenvalue weighted by Gasteiger charge is -2.25. The third-order valence-electron chi connectivity index (χ3n) is 7.52. The van der Waals surface area contributed by atoms with Gasteiger partial charge < -0.3 is 20.6 Å². The molecule has 0 aliphatic carbocycles. The molecule has 3 aromatic carbocycles. The lowest BCUT2D eigenvalue weighted by Crippen LogP contribution is -2.29. The summed E-state index contributed by atoms with van der Waals surface area (Å²) in [6.07, 6.45) is -8.90. The zero-order valence-electron chi connectivity index (χ0n) is 25.5. The molecule has 13 heteroatoms. The van der Waals surface area contributed by atoms with E-state index in [4.69, 9.17) is 0 Å². The van der Waals surface area contributed by atoms with Gasteiger partial charge in [-0.15, -0.1) is 0 Å². The number of benzene rings is 3. The average molecular weight is 668 g/mol. The molecule has 5 nitrogen and oxygen atoms in total. The molecule has 0 unspecified atom stereocenters. The van der Waals surface area contributed by atoms with Gasteiger partial charge in [-0.1, -0.05) is 62.4 Å². The third-order valence-corrected chi connectivity index (χ3v) is 8.80. The topological polar surface area (TPSA) is 64.6 Å². The van der Waals surface area contributed by atoms with Crippen molar-refractivity contribution in [2.45, 2.75) is 58.8 Å². The number of nitrogens with zero attached hydrogens (tertiary/aromatic N) is 1. The average Bonchev–Trinajstić information content (AvgIpc) is 3.23. The number of thioether (sulfide) groups is 1. The molecule has 3 aromatic rings. The first-order valence-corrected chi connectivity index (χ1v) is 15.0. The highest BCUT2D eigenvalue weighted by molar-refractivity contribution is 8.05. The highest BCUT2D eigenvalue weighted by Crippen LogP contribution is 2.54. The molecular weight excluding hydrogens is 635 g/mol. The number of carbonyl (C=O) groups is 1. The Morgan fingerprint density at radius 2 is 1.67 bits per heavy atom. The Bertz CT molecular complexity index is 1690. The molecule has 2 amide bonds. The molecule has 0 aromatic heterocycles. The van der Waals surface area contributed by atoms with Crippen LogP contribution in [0.1, 0.15) is 52.2 Å². The van der Waals surface area contributed by atoms with Gasteiger partial charge in [-0.3, -0.25) is 0 Å². The van der Waals surface area contributed by atoms with Crippen LogP contribution in [0.15, 0.2) is 76.2 Å². The van der Waals surface area contributed by atoms with E-state index in [2.05, 4.69) is 10.6 Å². The number of hydrogen-bond donors (Lipinski definition) is 3. The summed E-state index contributed by atoms with van der Waals surface area (Å²) in [6, 6.07) is 10.8. The zero-order chi connectivity index (χ0) is 34.2. The van der Waals surface area contributed by atoms with E-state index in [1.54, 1.807) is 49.9 Å². The van der Waals surface area contributed by atoms with Crippen molar-refractivity contribution < 1.29 is 40.6 Å². The summed E-state index contributed by atoms with van der Waals surface area (Å²) < 4.78 is 95.4. The maximum absolute atomic E-state index is 15.5. The quantitative estimate of drug-likeness (QED) is 0.220. The summed E-state index contributed by atoms with van der Waals surface area (Å²) in [7, 11) is 0. The van der Waals surface area contributed by atoms with E-state index in [1.165, 1.54) is 31.4 Å². The van der Waals surface area contributed by atoms with Crippen LogP contribution in [-0.2, 0) is 11.6 Å². The van der Waals surface area contributed by atoms with Gasteiger partial charge >= 0.3 is 18.4 Å². The number of allylic oxidation sites excluding steroid dienone is 3. The number of phenols is 1. The number of amides is 2. The number of urea groups is 1. The second-order valence-electron chi connectivity index (χ2n) is 11.5. The van der Waals surface area contributed by atoms with Gasteiger partial charge in [-0.2, -0.15) is 26.3 Å². The summed E-state index contributed by atoms with van der Waals surface area (Å²) in [6.45, 7) is 8.27. The number of nitrogens with one attached hydrogen (secondary N) is 2. The molecule has 1 aliphatic heterocycles. The molecule has 4 rings (SSSR count). The van der Waals surface area contributed by atoms with E-state index in [0.717, 1.165) is 18.2 Å². The van der Waals surface area contributed by atoms with Crippen LogP contribution < -0.4 is 15.5 Å². The van der Waals surface area contributed by atoms with Gasteiger partial charge in [0.25, 0.3) is 0 Å². The Kier molecular flexibility index (Phi) is 9.77. The second-order valence-corrected chi connectivity index (χ2v) is 12.4. The van der Waals surface area contributed by atoms with Gasteiger partial charge in [0.2, 0.25) is 0 Å². The summed E-state index contributed by atoms with van der Waals surface area (Å²) >= 11 is 0.465. The number of alkyl halides is 6. The van der Waals surface area contributed by atoms with E-state index in [9.17, 15) is 36.2 Å². The first kappa shape index (κ1) is 34.7. The minimum absolute atomic E-state index is 0.0426. The summed E-state index contributed by atoms with van der Waals surface area (Å²) in [4.78, 5) is 13.9. The second kappa shape index (κ2) is 12.9. The molecule has 0 saturated heterocycles. The molecule has 3 N–H and O–H groups in total. The normalized spacial score (nSPS) is 15.4. The number of rotatable bonds is 7. The Labute approximate surface area is 266 Å². The molecule has 1 heterocycles. The number of halogens is 7. The molecule has 0 fully saturated rings. The SMILES string of the molecule is CC/C(C)=C(/S/C=C(\C)NC(=O)Nc1ccccc1N1CC(C)(C)c2c(-c3ccc(C(F)(F)F)cc3)c(F)cc(O)c21)C(F)(F)F. The maximum atomic E-state index is 15.5. The molecule has 0 radical (unpaired) electrons. The fourth-order valence-electron chi connectivity index (χ4n) is 5.32. The Morgan fingerprint density at radius 3 is 2.26 bits per heavy atom. The molecule has 0 spiro atoms. The van der Waals surface area contributed by atoms with Crippen molar-refractivity contribution in [2.24, 2.45) is 0 Å². The lowest BCUT2D eigenvalue weighted by atomic mass is 9.81. The van der Waals surface area contributed by atoms with E-state index >= 15 is 4.39 Å². The van der Waals surface area contributed by atoms with Crippen LogP contribution in [0.5, 0.6) is 5.75 Å². The number of hydrogen-bond acceptors (Lipinski definition) is 4. The van der Waals surface area contributed by atoms with Crippen molar-refractivity contribution in [1.82, 2.24) is 5.32 Å². The monoisotopic (exact) mass is 667 g/mol. The molecule has 0 atom stereocenters. The molecule has 0 saturated carbocycles. The Morgan fingerprint density at radius 1 is 1.04 bits per heavy atom. The number of aromatic hydroxyl groups is 1. The van der Waals surface area contributed by atoms with E-state index in [0.29, 0.717) is 23.0 Å². The van der Waals surface area contributed by atoms with Gasteiger partial charge in [-0.05, 0) is 61.1 Å². The first-order chi connectivity index (χ1) is 21.3. The van der Waals surface area contributed by atoms with Crippen molar-refractivity contribution in [3.63, 3.8) is 0 Å². The highest BCUT2D eigenvalue weighted by atomic mass is 32.2. The van der Waals surface area contributed by atoms with E-state index < -0.39 is 45.8 Å². The van der Waals surface area contributed by atoms with Crippen molar-refractivity contribution in [3.8, 4) is 16.9 Å². The number of fused-ring (bicyclic) bond motifs is 1. The van der Waals surface area contributed by atoms with Crippen LogP contribution >= 0.6 is 11.8 Å². The zero-order valence-corrected chi connectivity index (χ0v) is 26.4. The van der Waals surface area contributed by atoms with Crippen LogP contribution in [0.25, 0.3) is 11.1 Å². The van der Waals surface area contributed by atoms with Gasteiger partial charge in [0.1, 0.15) is 11.6 Å². The summed E-state index contributed by atoms with van der Waals surface area (Å²) in [5.74, 6) is -1.21. The minimum Gasteiger partial charge on any atom is -0.506 e. The minimum atomic E-state index is -4.57. The molecule has 46 heavy (non-hydrogen) atoms. The fourth-order valence-corrected chi connectivity index (χ4v) is 6.15. The molecular formula is C33H32F7N3O2S. The summed E-state index contributed by atoms with van der Waals surface area (Å²) in [5, 5.41) is 17.4. The lowest BCUT2D eigenvalue weighted by molar-refractivity contribution is -0.137. The van der Waals surface area contributed by atoms with Gasteiger partial charge in [-0.25, -0.2) is 9.18 Å². The standard InChI is InChI=1S/C33H32F7N3O2S/c1-6-18(2)29(33(38,39)40)46-16-19(3)41-30(45)42-23-9-7-8-10-24(23)43-17-31(4,5)27-26(22(34)15-25(44)28(27)43)20-11-13-21(14-12-20)32(35,36)37/h7-16,44H,6,17H2,1-5H3,(H2,41,42,45)/b19-16+,29-18+. The van der Waals surface area contributed by atoms with Crippen molar-refractivity contribution in [2.75, 3.05) is 16.8 Å². The molecule has 1 aliphatic rings. The highest BCUT2D eigenvalue weighted by Gasteiger charge is 2.42. The van der Waals surface area contributed by atoms with Crippen molar-refractivity contribution in [3.05, 3.63) is 93.1 Å². The smallest absolute Gasteiger partial charge is 0.422 e. The molecule has 246 valence electrons. The van der Waals surface area contributed by atoms with Crippen LogP contribution in [0, 0.1) is 5.82 Å². The van der Waals surface area contributed by atoms with Gasteiger partial charge in [0, 0.05) is 29.3 Å². The molecule has 0 bridgehead atoms. The first-order valence-electron chi connectivity index (χ1n) is 14.1. The predicted molar refractivity (Wildman–Crippen MR) is 168 cm³/mol. The Hall–Kier alpha value is -4.13. The predicted octanol–water partition coefficient (Wildman–Crippen LogP) is 10.6. The van der Waals surface area contributed by atoms with Crippen LogP contribution in [0.3, 0.4) is 0 Å².